The molecule has 5 nitrogen and oxygen atoms in total. The third-order valence-electron chi connectivity index (χ3n) is 7.64. The van der Waals surface area contributed by atoms with Crippen molar-refractivity contribution in [2.75, 3.05) is 13.1 Å². The van der Waals surface area contributed by atoms with E-state index in [4.69, 9.17) is 0 Å². The summed E-state index contributed by atoms with van der Waals surface area (Å²) in [5, 5.41) is 0. The van der Waals surface area contributed by atoms with E-state index in [2.05, 4.69) is 22.0 Å². The first kappa shape index (κ1) is 20.2. The van der Waals surface area contributed by atoms with Crippen molar-refractivity contribution in [3.05, 3.63) is 65.5 Å². The molecule has 1 aromatic carbocycles. The maximum atomic E-state index is 13.5. The van der Waals surface area contributed by atoms with Crippen LogP contribution in [-0.4, -0.2) is 45.7 Å². The SMILES string of the molecule is Cc1cccc(C(=O)N2CCC(N3C(=O)C4(CCCCC4)C3c3ccncc3)CC2)c1. The van der Waals surface area contributed by atoms with Crippen molar-refractivity contribution in [2.24, 2.45) is 5.41 Å². The van der Waals surface area contributed by atoms with Gasteiger partial charge in [0.2, 0.25) is 5.91 Å². The number of rotatable bonds is 3. The van der Waals surface area contributed by atoms with Gasteiger partial charge >= 0.3 is 0 Å². The Hall–Kier alpha value is -2.69. The van der Waals surface area contributed by atoms with Crippen LogP contribution in [0, 0.1) is 12.3 Å². The number of β-lactam (4-membered cyclic amide) rings is 1. The lowest BCUT2D eigenvalue weighted by Crippen LogP contribution is -2.67. The van der Waals surface area contributed by atoms with Gasteiger partial charge in [-0.3, -0.25) is 14.6 Å². The van der Waals surface area contributed by atoms with Crippen molar-refractivity contribution in [2.45, 2.75) is 64.0 Å². The minimum Gasteiger partial charge on any atom is -0.338 e. The molecule has 1 atom stereocenters. The Morgan fingerprint density at radius 2 is 1.74 bits per heavy atom. The molecule has 3 heterocycles. The van der Waals surface area contributed by atoms with Crippen LogP contribution in [0.5, 0.6) is 0 Å². The molecule has 5 heteroatoms. The molecule has 5 rings (SSSR count). The van der Waals surface area contributed by atoms with E-state index in [1.165, 1.54) is 12.0 Å². The van der Waals surface area contributed by atoms with Gasteiger partial charge in [0.15, 0.2) is 0 Å². The first-order chi connectivity index (χ1) is 15.1. The first-order valence-corrected chi connectivity index (χ1v) is 11.7. The fraction of sp³-hybridized carbons (Fsp3) is 0.500. The number of nitrogens with zero attached hydrogens (tertiary/aromatic N) is 3. The highest BCUT2D eigenvalue weighted by atomic mass is 16.2. The molecule has 1 unspecified atom stereocenters. The van der Waals surface area contributed by atoms with Crippen molar-refractivity contribution in [1.29, 1.82) is 0 Å². The molecule has 1 spiro atoms. The van der Waals surface area contributed by atoms with Crippen molar-refractivity contribution in [1.82, 2.24) is 14.8 Å². The Morgan fingerprint density at radius 1 is 1.03 bits per heavy atom. The number of likely N-dealkylation sites (tertiary alicyclic amines) is 2. The number of hydrogen-bond donors (Lipinski definition) is 0. The van der Waals surface area contributed by atoms with Crippen LogP contribution in [0.3, 0.4) is 0 Å². The zero-order valence-electron chi connectivity index (χ0n) is 18.3. The summed E-state index contributed by atoms with van der Waals surface area (Å²) < 4.78 is 0. The second-order valence-corrected chi connectivity index (χ2v) is 9.51. The number of aryl methyl sites for hydroxylation is 1. The predicted molar refractivity (Wildman–Crippen MR) is 119 cm³/mol. The van der Waals surface area contributed by atoms with Crippen LogP contribution in [0.4, 0.5) is 0 Å². The smallest absolute Gasteiger partial charge is 0.253 e. The van der Waals surface area contributed by atoms with E-state index >= 15 is 0 Å². The monoisotopic (exact) mass is 417 g/mol. The molecule has 1 aromatic heterocycles. The zero-order chi connectivity index (χ0) is 21.4. The van der Waals surface area contributed by atoms with Crippen LogP contribution >= 0.6 is 0 Å². The molecule has 2 aliphatic heterocycles. The zero-order valence-corrected chi connectivity index (χ0v) is 18.3. The molecular formula is C26H31N3O2. The highest BCUT2D eigenvalue weighted by molar-refractivity contribution is 5.94. The number of carbonyl (C=O) groups is 2. The Bertz CT molecular complexity index is 960. The van der Waals surface area contributed by atoms with E-state index in [9.17, 15) is 9.59 Å². The van der Waals surface area contributed by atoms with Gasteiger partial charge in [-0.15, -0.1) is 0 Å². The Labute approximate surface area is 184 Å². The van der Waals surface area contributed by atoms with E-state index in [1.54, 1.807) is 0 Å². The molecule has 162 valence electrons. The van der Waals surface area contributed by atoms with Crippen molar-refractivity contribution in [3.63, 3.8) is 0 Å². The third-order valence-corrected chi connectivity index (χ3v) is 7.64. The quantitative estimate of drug-likeness (QED) is 0.690. The minimum atomic E-state index is -0.214. The summed E-state index contributed by atoms with van der Waals surface area (Å²) in [5.41, 5.74) is 2.86. The number of aromatic nitrogens is 1. The molecule has 2 aromatic rings. The fourth-order valence-corrected chi connectivity index (χ4v) is 6.07. The van der Waals surface area contributed by atoms with E-state index in [0.29, 0.717) is 19.0 Å². The Morgan fingerprint density at radius 3 is 2.42 bits per heavy atom. The number of carbonyl (C=O) groups excluding carboxylic acids is 2. The number of benzene rings is 1. The molecule has 1 aliphatic carbocycles. The lowest BCUT2D eigenvalue weighted by molar-refractivity contribution is -0.186. The Balaban J connectivity index is 1.32. The van der Waals surface area contributed by atoms with Gasteiger partial charge < -0.3 is 9.80 Å². The third kappa shape index (κ3) is 3.44. The summed E-state index contributed by atoms with van der Waals surface area (Å²) >= 11 is 0. The molecule has 2 saturated heterocycles. The standard InChI is InChI=1S/C26H31N3O2/c1-19-6-5-7-21(18-19)24(30)28-16-10-22(11-17-28)29-23(20-8-14-27-15-9-20)26(25(29)31)12-3-2-4-13-26/h5-9,14-15,18,22-23H,2-4,10-13,16-17H2,1H3. The van der Waals surface area contributed by atoms with Crippen molar-refractivity contribution < 1.29 is 9.59 Å². The van der Waals surface area contributed by atoms with Gasteiger partial charge in [-0.05, 0) is 62.4 Å². The van der Waals surface area contributed by atoms with E-state index in [1.807, 2.05) is 48.5 Å². The molecule has 2 amide bonds. The molecule has 1 saturated carbocycles. The summed E-state index contributed by atoms with van der Waals surface area (Å²) in [7, 11) is 0. The highest BCUT2D eigenvalue weighted by Gasteiger charge is 2.62. The molecular weight excluding hydrogens is 386 g/mol. The Kier molecular flexibility index (Phi) is 5.28. The molecule has 31 heavy (non-hydrogen) atoms. The van der Waals surface area contributed by atoms with E-state index in [-0.39, 0.29) is 23.4 Å². The summed E-state index contributed by atoms with van der Waals surface area (Å²) in [5.74, 6) is 0.448. The fourth-order valence-electron chi connectivity index (χ4n) is 6.07. The normalized spacial score (nSPS) is 23.6. The van der Waals surface area contributed by atoms with Gasteiger partial charge in [-0.25, -0.2) is 0 Å². The summed E-state index contributed by atoms with van der Waals surface area (Å²) in [6.07, 6.45) is 10.9. The van der Waals surface area contributed by atoms with E-state index < -0.39 is 0 Å². The van der Waals surface area contributed by atoms with Crippen LogP contribution in [-0.2, 0) is 4.79 Å². The van der Waals surface area contributed by atoms with Gasteiger partial charge in [-0.1, -0.05) is 37.0 Å². The van der Waals surface area contributed by atoms with Crippen LogP contribution in [0.25, 0.3) is 0 Å². The van der Waals surface area contributed by atoms with E-state index in [0.717, 1.165) is 49.7 Å². The number of piperidine rings is 1. The summed E-state index contributed by atoms with van der Waals surface area (Å²) in [4.78, 5) is 34.8. The largest absolute Gasteiger partial charge is 0.338 e. The minimum absolute atomic E-state index is 0.103. The average Bonchev–Trinajstić information content (AvgIpc) is 2.83. The van der Waals surface area contributed by atoms with Crippen LogP contribution < -0.4 is 0 Å². The predicted octanol–water partition coefficient (Wildman–Crippen LogP) is 4.53. The molecule has 0 radical (unpaired) electrons. The topological polar surface area (TPSA) is 53.5 Å². The average molecular weight is 418 g/mol. The van der Waals surface area contributed by atoms with Crippen LogP contribution in [0.2, 0.25) is 0 Å². The molecule has 3 fully saturated rings. The van der Waals surface area contributed by atoms with Gasteiger partial charge in [0.25, 0.3) is 5.91 Å². The number of amides is 2. The second-order valence-electron chi connectivity index (χ2n) is 9.51. The maximum absolute atomic E-state index is 13.5. The maximum Gasteiger partial charge on any atom is 0.253 e. The van der Waals surface area contributed by atoms with Gasteiger partial charge in [-0.2, -0.15) is 0 Å². The first-order valence-electron chi connectivity index (χ1n) is 11.7. The lowest BCUT2D eigenvalue weighted by atomic mass is 9.59. The molecule has 0 N–H and O–H groups in total. The second kappa shape index (κ2) is 8.10. The van der Waals surface area contributed by atoms with Crippen LogP contribution in [0.1, 0.15) is 72.5 Å². The summed E-state index contributed by atoms with van der Waals surface area (Å²) in [6.45, 7) is 3.42. The van der Waals surface area contributed by atoms with Gasteiger partial charge in [0, 0.05) is 37.1 Å². The van der Waals surface area contributed by atoms with Crippen molar-refractivity contribution in [3.8, 4) is 0 Å². The number of pyridine rings is 1. The molecule has 3 aliphatic rings. The summed E-state index contributed by atoms with van der Waals surface area (Å²) in [6, 6.07) is 12.3. The number of hydrogen-bond acceptors (Lipinski definition) is 3. The van der Waals surface area contributed by atoms with Gasteiger partial charge in [0.05, 0.1) is 11.5 Å². The molecule has 0 bridgehead atoms. The van der Waals surface area contributed by atoms with Crippen molar-refractivity contribution >= 4 is 11.8 Å². The van der Waals surface area contributed by atoms with Gasteiger partial charge in [0.1, 0.15) is 0 Å². The highest BCUT2D eigenvalue weighted by Crippen LogP contribution is 2.59. The lowest BCUT2D eigenvalue weighted by Gasteiger charge is -2.61. The van der Waals surface area contributed by atoms with Crippen LogP contribution in [0.15, 0.2) is 48.8 Å².